The Morgan fingerprint density at radius 1 is 1.19 bits per heavy atom. The van der Waals surface area contributed by atoms with Gasteiger partial charge in [0.1, 0.15) is 10.8 Å². The lowest BCUT2D eigenvalue weighted by molar-refractivity contribution is 0.203. The number of carbonyl (C=O) groups excluding carboxylic acids is 1. The SMILES string of the molecule is O=C(NCc1nc2ccccc2s1)NCC(c1ccco1)N1CCCC1. The number of hydrogen-bond acceptors (Lipinski definition) is 5. The smallest absolute Gasteiger partial charge is 0.315 e. The Hall–Kier alpha value is -2.38. The molecule has 7 heteroatoms. The first-order valence-electron chi connectivity index (χ1n) is 8.93. The van der Waals surface area contributed by atoms with E-state index in [1.165, 1.54) is 12.8 Å². The molecule has 2 aromatic heterocycles. The van der Waals surface area contributed by atoms with Crippen molar-refractivity contribution in [3.05, 3.63) is 53.4 Å². The Balaban J connectivity index is 1.32. The zero-order valence-electron chi connectivity index (χ0n) is 14.5. The molecule has 0 bridgehead atoms. The summed E-state index contributed by atoms with van der Waals surface area (Å²) in [7, 11) is 0. The van der Waals surface area contributed by atoms with Gasteiger partial charge in [0.15, 0.2) is 0 Å². The van der Waals surface area contributed by atoms with Crippen LogP contribution in [0.5, 0.6) is 0 Å². The molecular weight excluding hydrogens is 348 g/mol. The Morgan fingerprint density at radius 3 is 2.81 bits per heavy atom. The molecule has 2 N–H and O–H groups in total. The van der Waals surface area contributed by atoms with Crippen LogP contribution in [0.3, 0.4) is 0 Å². The van der Waals surface area contributed by atoms with Crippen molar-refractivity contribution in [1.29, 1.82) is 0 Å². The summed E-state index contributed by atoms with van der Waals surface area (Å²) in [5, 5.41) is 6.78. The summed E-state index contributed by atoms with van der Waals surface area (Å²) in [6, 6.07) is 11.8. The number of hydrogen-bond donors (Lipinski definition) is 2. The average molecular weight is 370 g/mol. The summed E-state index contributed by atoms with van der Waals surface area (Å²) < 4.78 is 6.72. The second-order valence-electron chi connectivity index (χ2n) is 6.41. The van der Waals surface area contributed by atoms with Crippen LogP contribution >= 0.6 is 11.3 Å². The van der Waals surface area contributed by atoms with Crippen LogP contribution in [0.15, 0.2) is 47.1 Å². The molecule has 0 radical (unpaired) electrons. The van der Waals surface area contributed by atoms with Crippen molar-refractivity contribution in [3.63, 3.8) is 0 Å². The van der Waals surface area contributed by atoms with Crippen LogP contribution in [0.25, 0.3) is 10.2 Å². The molecule has 1 aliphatic heterocycles. The predicted molar refractivity (Wildman–Crippen MR) is 102 cm³/mol. The monoisotopic (exact) mass is 370 g/mol. The molecule has 1 aliphatic rings. The van der Waals surface area contributed by atoms with Gasteiger partial charge in [-0.2, -0.15) is 0 Å². The fourth-order valence-electron chi connectivity index (χ4n) is 3.35. The Morgan fingerprint density at radius 2 is 2.04 bits per heavy atom. The van der Waals surface area contributed by atoms with E-state index in [9.17, 15) is 4.79 Å². The number of thiazole rings is 1. The predicted octanol–water partition coefficient (Wildman–Crippen LogP) is 3.53. The van der Waals surface area contributed by atoms with Crippen LogP contribution in [0.4, 0.5) is 4.79 Å². The van der Waals surface area contributed by atoms with Crippen molar-refractivity contribution in [2.24, 2.45) is 0 Å². The molecule has 0 spiro atoms. The number of furan rings is 1. The topological polar surface area (TPSA) is 70.4 Å². The second kappa shape index (κ2) is 7.88. The molecule has 0 aliphatic carbocycles. The van der Waals surface area contributed by atoms with E-state index in [4.69, 9.17) is 4.42 Å². The van der Waals surface area contributed by atoms with Gasteiger partial charge in [0.05, 0.1) is 29.1 Å². The van der Waals surface area contributed by atoms with Gasteiger partial charge in [-0.1, -0.05) is 12.1 Å². The zero-order chi connectivity index (χ0) is 17.8. The molecule has 6 nitrogen and oxygen atoms in total. The number of rotatable bonds is 6. The highest BCUT2D eigenvalue weighted by Crippen LogP contribution is 2.25. The molecule has 3 heterocycles. The van der Waals surface area contributed by atoms with E-state index in [0.29, 0.717) is 13.1 Å². The largest absolute Gasteiger partial charge is 0.468 e. The molecule has 136 valence electrons. The highest BCUT2D eigenvalue weighted by atomic mass is 32.1. The summed E-state index contributed by atoms with van der Waals surface area (Å²) in [6.45, 7) is 3.04. The summed E-state index contributed by atoms with van der Waals surface area (Å²) in [5.41, 5.74) is 0.974. The normalized spacial score (nSPS) is 16.0. The van der Waals surface area contributed by atoms with Crippen molar-refractivity contribution in [3.8, 4) is 0 Å². The number of carbonyl (C=O) groups is 1. The van der Waals surface area contributed by atoms with Crippen molar-refractivity contribution in [2.75, 3.05) is 19.6 Å². The number of fused-ring (bicyclic) bond motifs is 1. The third-order valence-electron chi connectivity index (χ3n) is 4.65. The van der Waals surface area contributed by atoms with Gasteiger partial charge in [0.2, 0.25) is 0 Å². The standard InChI is InChI=1S/C19H22N4O2S/c24-19(21-13-18-22-14-6-1-2-8-17(14)26-18)20-12-15(16-7-5-11-25-16)23-9-3-4-10-23/h1-2,5-8,11,15H,3-4,9-10,12-13H2,(H2,20,21,24). The van der Waals surface area contributed by atoms with E-state index >= 15 is 0 Å². The second-order valence-corrected chi connectivity index (χ2v) is 7.53. The lowest BCUT2D eigenvalue weighted by atomic mass is 10.2. The summed E-state index contributed by atoms with van der Waals surface area (Å²) in [5.74, 6) is 0.901. The number of nitrogens with one attached hydrogen (secondary N) is 2. The van der Waals surface area contributed by atoms with Crippen LogP contribution in [0.1, 0.15) is 29.7 Å². The summed E-state index contributed by atoms with van der Waals surface area (Å²) in [6.07, 6.45) is 4.08. The number of likely N-dealkylation sites (tertiary alicyclic amines) is 1. The highest BCUT2D eigenvalue weighted by Gasteiger charge is 2.25. The molecule has 1 fully saturated rings. The first-order valence-corrected chi connectivity index (χ1v) is 9.75. The number of benzene rings is 1. The first-order chi connectivity index (χ1) is 12.8. The average Bonchev–Trinajstić information content (AvgIpc) is 3.40. The van der Waals surface area contributed by atoms with E-state index in [1.807, 2.05) is 36.4 Å². The van der Waals surface area contributed by atoms with Crippen molar-refractivity contribution < 1.29 is 9.21 Å². The third kappa shape index (κ3) is 3.89. The third-order valence-corrected chi connectivity index (χ3v) is 5.68. The molecule has 3 aromatic rings. The Bertz CT molecular complexity index is 822. The van der Waals surface area contributed by atoms with Gasteiger partial charge in [0, 0.05) is 6.54 Å². The molecular formula is C19H22N4O2S. The van der Waals surface area contributed by atoms with E-state index in [2.05, 4.69) is 20.5 Å². The minimum atomic E-state index is -0.181. The molecule has 1 saturated heterocycles. The van der Waals surface area contributed by atoms with Gasteiger partial charge in [-0.15, -0.1) is 11.3 Å². The van der Waals surface area contributed by atoms with Gasteiger partial charge in [-0.05, 0) is 50.2 Å². The summed E-state index contributed by atoms with van der Waals surface area (Å²) >= 11 is 1.61. The Labute approximate surface area is 156 Å². The molecule has 1 atom stereocenters. The number of nitrogens with zero attached hydrogens (tertiary/aromatic N) is 2. The number of urea groups is 1. The fourth-order valence-corrected chi connectivity index (χ4v) is 4.25. The molecule has 0 saturated carbocycles. The number of para-hydroxylation sites is 1. The van der Waals surface area contributed by atoms with E-state index in [0.717, 1.165) is 34.1 Å². The highest BCUT2D eigenvalue weighted by molar-refractivity contribution is 7.18. The Kier molecular flexibility index (Phi) is 5.17. The van der Waals surface area contributed by atoms with Gasteiger partial charge in [-0.3, -0.25) is 4.90 Å². The van der Waals surface area contributed by atoms with Crippen LogP contribution in [0, 0.1) is 0 Å². The van der Waals surface area contributed by atoms with Crippen LogP contribution in [0.2, 0.25) is 0 Å². The lowest BCUT2D eigenvalue weighted by Crippen LogP contribution is -2.41. The molecule has 26 heavy (non-hydrogen) atoms. The minimum Gasteiger partial charge on any atom is -0.468 e. The molecule has 1 aromatic carbocycles. The van der Waals surface area contributed by atoms with Gasteiger partial charge < -0.3 is 15.1 Å². The zero-order valence-corrected chi connectivity index (χ0v) is 15.3. The van der Waals surface area contributed by atoms with Crippen LogP contribution in [-0.4, -0.2) is 35.5 Å². The first kappa shape index (κ1) is 17.1. The van der Waals surface area contributed by atoms with Crippen molar-refractivity contribution in [2.45, 2.75) is 25.4 Å². The van der Waals surface area contributed by atoms with Crippen LogP contribution < -0.4 is 10.6 Å². The quantitative estimate of drug-likeness (QED) is 0.696. The summed E-state index contributed by atoms with van der Waals surface area (Å²) in [4.78, 5) is 19.1. The molecule has 2 amide bonds. The molecule has 1 unspecified atom stereocenters. The van der Waals surface area contributed by atoms with Gasteiger partial charge in [-0.25, -0.2) is 9.78 Å². The fraction of sp³-hybridized carbons (Fsp3) is 0.368. The minimum absolute atomic E-state index is 0.0840. The van der Waals surface area contributed by atoms with Crippen molar-refractivity contribution in [1.82, 2.24) is 20.5 Å². The van der Waals surface area contributed by atoms with E-state index in [1.54, 1.807) is 17.6 Å². The van der Waals surface area contributed by atoms with E-state index in [-0.39, 0.29) is 12.1 Å². The maximum absolute atomic E-state index is 12.2. The van der Waals surface area contributed by atoms with Crippen molar-refractivity contribution >= 4 is 27.6 Å². The number of amides is 2. The van der Waals surface area contributed by atoms with Gasteiger partial charge >= 0.3 is 6.03 Å². The van der Waals surface area contributed by atoms with E-state index < -0.39 is 0 Å². The maximum atomic E-state index is 12.2. The van der Waals surface area contributed by atoms with Gasteiger partial charge in [0.25, 0.3) is 0 Å². The molecule has 4 rings (SSSR count). The number of aromatic nitrogens is 1. The lowest BCUT2D eigenvalue weighted by Gasteiger charge is -2.26. The maximum Gasteiger partial charge on any atom is 0.315 e. The van der Waals surface area contributed by atoms with Crippen LogP contribution in [-0.2, 0) is 6.54 Å².